The summed E-state index contributed by atoms with van der Waals surface area (Å²) in [7, 11) is 0. The first-order valence-corrected chi connectivity index (χ1v) is 8.32. The average Bonchev–Trinajstić information content (AvgIpc) is 2.46. The largest absolute Gasteiger partial charge is 0.248 e. The van der Waals surface area contributed by atoms with Crippen molar-refractivity contribution in [3.8, 4) is 0 Å². The van der Waals surface area contributed by atoms with E-state index in [1.165, 1.54) is 33.5 Å². The van der Waals surface area contributed by atoms with Gasteiger partial charge in [0.2, 0.25) is 0 Å². The summed E-state index contributed by atoms with van der Waals surface area (Å²) < 4.78 is 2.08. The van der Waals surface area contributed by atoms with Crippen LogP contribution in [0.15, 0.2) is 42.5 Å². The second-order valence-electron chi connectivity index (χ2n) is 6.97. The normalized spacial score (nSPS) is 13.6. The first-order valence-electron chi connectivity index (χ1n) is 8.32. The van der Waals surface area contributed by atoms with E-state index < -0.39 is 0 Å². The summed E-state index contributed by atoms with van der Waals surface area (Å²) in [5, 5.41) is 0. The number of nitrogens with zero attached hydrogens (tertiary/aromatic N) is 1. The van der Waals surface area contributed by atoms with Crippen molar-refractivity contribution < 1.29 is 4.58 Å². The minimum absolute atomic E-state index is 0.651. The molecule has 0 saturated heterocycles. The molecule has 1 heterocycles. The zero-order valence-electron chi connectivity index (χ0n) is 14.6. The second-order valence-corrected chi connectivity index (χ2v) is 6.97. The molecule has 0 unspecified atom stereocenters. The van der Waals surface area contributed by atoms with E-state index >= 15 is 0 Å². The molecule has 0 atom stereocenters. The van der Waals surface area contributed by atoms with Gasteiger partial charge in [0.1, 0.15) is 6.04 Å². The van der Waals surface area contributed by atoms with Crippen molar-refractivity contribution in [2.24, 2.45) is 5.92 Å². The number of benzene rings is 2. The predicted molar refractivity (Wildman–Crippen MR) is 99.3 cm³/mol. The molecule has 2 aromatic rings. The Balaban J connectivity index is 2.02. The molecule has 0 fully saturated rings. The van der Waals surface area contributed by atoms with E-state index in [0.29, 0.717) is 5.92 Å². The van der Waals surface area contributed by atoms with Crippen LogP contribution in [0.2, 0.25) is 0 Å². The lowest BCUT2D eigenvalue weighted by atomic mass is 9.91. The summed E-state index contributed by atoms with van der Waals surface area (Å²) in [4.78, 5) is 0. The summed E-state index contributed by atoms with van der Waals surface area (Å²) in [6.45, 7) is 13.1. The molecule has 0 aliphatic carbocycles. The molecule has 1 aliphatic rings. The van der Waals surface area contributed by atoms with Crippen molar-refractivity contribution in [2.45, 2.75) is 34.1 Å². The molecule has 2 aromatic carbocycles. The Hall–Kier alpha value is -2.28. The second kappa shape index (κ2) is 6.08. The molecule has 23 heavy (non-hydrogen) atoms. The van der Waals surface area contributed by atoms with Gasteiger partial charge in [-0.1, -0.05) is 61.4 Å². The molecule has 0 aromatic heterocycles. The Morgan fingerprint density at radius 1 is 1.09 bits per heavy atom. The van der Waals surface area contributed by atoms with Crippen LogP contribution < -0.4 is 0 Å². The Labute approximate surface area is 140 Å². The van der Waals surface area contributed by atoms with Gasteiger partial charge < -0.3 is 0 Å². The van der Waals surface area contributed by atoms with Crippen molar-refractivity contribution >= 4 is 18.5 Å². The molecule has 0 bridgehead atoms. The molecule has 1 heteroatoms. The van der Waals surface area contributed by atoms with Crippen LogP contribution in [0.25, 0.3) is 6.08 Å². The topological polar surface area (TPSA) is 3.01 Å². The SMILES string of the molecule is C=[N+]1c2cccc(CC(C)C)c2C=C[C-]1c1cc(C)cc(C)c1. The predicted octanol–water partition coefficient (Wildman–Crippen LogP) is 5.45. The van der Waals surface area contributed by atoms with Gasteiger partial charge in [-0.15, -0.1) is 0 Å². The van der Waals surface area contributed by atoms with E-state index in [9.17, 15) is 0 Å². The summed E-state index contributed by atoms with van der Waals surface area (Å²) in [6.07, 6.45) is 5.55. The van der Waals surface area contributed by atoms with E-state index in [1.54, 1.807) is 0 Å². The zero-order valence-corrected chi connectivity index (χ0v) is 14.6. The summed E-state index contributed by atoms with van der Waals surface area (Å²) in [5.41, 5.74) is 7.71. The highest BCUT2D eigenvalue weighted by molar-refractivity contribution is 5.70. The Bertz CT molecular complexity index is 760. The van der Waals surface area contributed by atoms with Crippen LogP contribution in [0.4, 0.5) is 5.69 Å². The minimum atomic E-state index is 0.651. The van der Waals surface area contributed by atoms with Crippen LogP contribution in [-0.4, -0.2) is 11.3 Å². The van der Waals surface area contributed by atoms with Gasteiger partial charge >= 0.3 is 0 Å². The van der Waals surface area contributed by atoms with Gasteiger partial charge in [-0.3, -0.25) is 0 Å². The molecular formula is C22H25N. The third kappa shape index (κ3) is 3.10. The van der Waals surface area contributed by atoms with Crippen LogP contribution in [0.5, 0.6) is 0 Å². The van der Waals surface area contributed by atoms with Gasteiger partial charge in [-0.2, -0.15) is 0 Å². The van der Waals surface area contributed by atoms with Crippen molar-refractivity contribution in [3.05, 3.63) is 76.3 Å². The van der Waals surface area contributed by atoms with E-state index in [-0.39, 0.29) is 0 Å². The number of aryl methyl sites for hydroxylation is 2. The monoisotopic (exact) mass is 303 g/mol. The lowest BCUT2D eigenvalue weighted by Crippen LogP contribution is -2.17. The molecule has 1 aliphatic heterocycles. The molecule has 3 rings (SSSR count). The maximum atomic E-state index is 4.32. The maximum Gasteiger partial charge on any atom is 0.160 e. The molecule has 0 N–H and O–H groups in total. The number of rotatable bonds is 3. The quantitative estimate of drug-likeness (QED) is 0.523. The molecule has 0 saturated carbocycles. The standard InChI is InChI=1S/C22H25N/c1-15(2)11-18-7-6-8-22-20(18)9-10-21(23(22)5)19-13-16(3)12-17(4)14-19/h6-10,12-15H,5,11H2,1-4H3. The first-order chi connectivity index (χ1) is 11.0. The number of hydrogen-bond acceptors (Lipinski definition) is 0. The van der Waals surface area contributed by atoms with Gasteiger partial charge in [0.15, 0.2) is 5.69 Å². The van der Waals surface area contributed by atoms with E-state index in [2.05, 4.69) is 87.5 Å². The molecule has 118 valence electrons. The molecule has 0 radical (unpaired) electrons. The number of hydrogen-bond donors (Lipinski definition) is 0. The summed E-state index contributed by atoms with van der Waals surface area (Å²) >= 11 is 0. The third-order valence-electron chi connectivity index (χ3n) is 4.31. The van der Waals surface area contributed by atoms with Gasteiger partial charge in [-0.05, 0) is 55.0 Å². The maximum absolute atomic E-state index is 4.32. The first kappa shape index (κ1) is 15.6. The zero-order chi connectivity index (χ0) is 16.6. The Morgan fingerprint density at radius 2 is 1.78 bits per heavy atom. The number of fused-ring (bicyclic) bond motifs is 1. The van der Waals surface area contributed by atoms with Crippen molar-refractivity contribution in [1.82, 2.24) is 0 Å². The molecule has 0 amide bonds. The lowest BCUT2D eigenvalue weighted by molar-refractivity contribution is -0.400. The van der Waals surface area contributed by atoms with Crippen LogP contribution >= 0.6 is 0 Å². The third-order valence-corrected chi connectivity index (χ3v) is 4.31. The van der Waals surface area contributed by atoms with Crippen LogP contribution in [0, 0.1) is 25.8 Å². The summed E-state index contributed by atoms with van der Waals surface area (Å²) in [5.74, 6) is 0.651. The van der Waals surface area contributed by atoms with Crippen LogP contribution in [0.1, 0.15) is 41.7 Å². The Kier molecular flexibility index (Phi) is 4.12. The minimum Gasteiger partial charge on any atom is -0.248 e. The van der Waals surface area contributed by atoms with E-state index in [4.69, 9.17) is 0 Å². The van der Waals surface area contributed by atoms with Gasteiger partial charge in [0.05, 0.1) is 6.72 Å². The average molecular weight is 303 g/mol. The van der Waals surface area contributed by atoms with Crippen molar-refractivity contribution in [1.29, 1.82) is 0 Å². The molecule has 1 nitrogen and oxygen atoms in total. The molecular weight excluding hydrogens is 278 g/mol. The highest BCUT2D eigenvalue weighted by atomic mass is 15.0. The lowest BCUT2D eigenvalue weighted by Gasteiger charge is -2.25. The van der Waals surface area contributed by atoms with Crippen LogP contribution in [-0.2, 0) is 6.42 Å². The van der Waals surface area contributed by atoms with Crippen LogP contribution in [0.3, 0.4) is 0 Å². The van der Waals surface area contributed by atoms with E-state index in [1.807, 2.05) is 0 Å². The van der Waals surface area contributed by atoms with Gasteiger partial charge in [0, 0.05) is 0 Å². The van der Waals surface area contributed by atoms with Gasteiger partial charge in [-0.25, -0.2) is 4.58 Å². The fourth-order valence-corrected chi connectivity index (χ4v) is 3.40. The molecule has 0 spiro atoms. The van der Waals surface area contributed by atoms with Gasteiger partial charge in [0.25, 0.3) is 0 Å². The van der Waals surface area contributed by atoms with Crippen molar-refractivity contribution in [3.63, 3.8) is 0 Å². The Morgan fingerprint density at radius 3 is 2.43 bits per heavy atom. The fourth-order valence-electron chi connectivity index (χ4n) is 3.40. The highest BCUT2D eigenvalue weighted by Gasteiger charge is 2.23. The summed E-state index contributed by atoms with van der Waals surface area (Å²) in [6, 6.07) is 14.4. The highest BCUT2D eigenvalue weighted by Crippen LogP contribution is 2.36. The van der Waals surface area contributed by atoms with Crippen molar-refractivity contribution in [2.75, 3.05) is 0 Å². The smallest absolute Gasteiger partial charge is 0.160 e. The fraction of sp³-hybridized carbons (Fsp3) is 0.273. The van der Waals surface area contributed by atoms with E-state index in [0.717, 1.165) is 12.5 Å².